The summed E-state index contributed by atoms with van der Waals surface area (Å²) < 4.78 is 5.63. The third-order valence-electron chi connectivity index (χ3n) is 3.75. The predicted octanol–water partition coefficient (Wildman–Crippen LogP) is 3.60. The summed E-state index contributed by atoms with van der Waals surface area (Å²) in [5, 5.41) is 3.59. The Hall–Kier alpha value is -0.860. The summed E-state index contributed by atoms with van der Waals surface area (Å²) in [7, 11) is 0. The van der Waals surface area contributed by atoms with Crippen LogP contribution in [0.1, 0.15) is 49.8 Å². The van der Waals surface area contributed by atoms with Gasteiger partial charge in [-0.3, -0.25) is 0 Å². The second kappa shape index (κ2) is 6.91. The summed E-state index contributed by atoms with van der Waals surface area (Å²) >= 11 is 0. The topological polar surface area (TPSA) is 21.3 Å². The minimum absolute atomic E-state index is 0.440. The highest BCUT2D eigenvalue weighted by atomic mass is 16.5. The fraction of sp³-hybridized carbons (Fsp3) is 0.625. The first kappa shape index (κ1) is 13.6. The highest BCUT2D eigenvalue weighted by molar-refractivity contribution is 5.23. The standard InChI is InChI=1S/C16H25NO/c1-13-7-9-15(10-8-13)14(2)17-11-3-5-16-6-4-12-18-16/h7-10,14,16-17H,3-6,11-12H2,1-2H3. The van der Waals surface area contributed by atoms with Crippen molar-refractivity contribution in [3.8, 4) is 0 Å². The summed E-state index contributed by atoms with van der Waals surface area (Å²) in [6, 6.07) is 9.23. The van der Waals surface area contributed by atoms with Crippen molar-refractivity contribution >= 4 is 0 Å². The number of benzene rings is 1. The van der Waals surface area contributed by atoms with E-state index in [1.807, 2.05) is 0 Å². The Balaban J connectivity index is 1.64. The summed E-state index contributed by atoms with van der Waals surface area (Å²) in [6.07, 6.45) is 5.45. The van der Waals surface area contributed by atoms with Crippen LogP contribution in [0.15, 0.2) is 24.3 Å². The number of hydrogen-bond acceptors (Lipinski definition) is 2. The molecule has 2 rings (SSSR count). The van der Waals surface area contributed by atoms with Crippen LogP contribution in [-0.4, -0.2) is 19.3 Å². The Labute approximate surface area is 111 Å². The van der Waals surface area contributed by atoms with Crippen molar-refractivity contribution in [2.45, 2.75) is 51.7 Å². The minimum atomic E-state index is 0.440. The van der Waals surface area contributed by atoms with E-state index in [2.05, 4.69) is 43.4 Å². The zero-order chi connectivity index (χ0) is 12.8. The molecule has 0 aliphatic carbocycles. The van der Waals surface area contributed by atoms with Gasteiger partial charge in [-0.25, -0.2) is 0 Å². The van der Waals surface area contributed by atoms with Gasteiger partial charge in [0, 0.05) is 12.6 Å². The molecule has 1 saturated heterocycles. The van der Waals surface area contributed by atoms with Crippen LogP contribution >= 0.6 is 0 Å². The third-order valence-corrected chi connectivity index (χ3v) is 3.75. The molecule has 1 fully saturated rings. The van der Waals surface area contributed by atoms with Gasteiger partial charge in [0.05, 0.1) is 6.10 Å². The molecule has 0 radical (unpaired) electrons. The monoisotopic (exact) mass is 247 g/mol. The van der Waals surface area contributed by atoms with E-state index in [1.54, 1.807) is 0 Å². The van der Waals surface area contributed by atoms with E-state index in [-0.39, 0.29) is 0 Å². The first-order valence-corrected chi connectivity index (χ1v) is 7.17. The van der Waals surface area contributed by atoms with Crippen LogP contribution in [0.2, 0.25) is 0 Å². The fourth-order valence-electron chi connectivity index (χ4n) is 2.49. The molecule has 1 aliphatic rings. The molecule has 1 aromatic carbocycles. The zero-order valence-corrected chi connectivity index (χ0v) is 11.6. The van der Waals surface area contributed by atoms with E-state index in [0.717, 1.165) is 13.2 Å². The van der Waals surface area contributed by atoms with Gasteiger partial charge in [0.1, 0.15) is 0 Å². The molecule has 2 nitrogen and oxygen atoms in total. The van der Waals surface area contributed by atoms with Crippen LogP contribution < -0.4 is 5.32 Å². The average molecular weight is 247 g/mol. The van der Waals surface area contributed by atoms with Gasteiger partial charge >= 0.3 is 0 Å². The molecule has 1 aromatic rings. The number of hydrogen-bond donors (Lipinski definition) is 1. The number of rotatable bonds is 6. The van der Waals surface area contributed by atoms with E-state index in [4.69, 9.17) is 4.74 Å². The molecule has 0 aromatic heterocycles. The molecular formula is C16H25NO. The van der Waals surface area contributed by atoms with Crippen LogP contribution in [0.25, 0.3) is 0 Å². The molecule has 0 amide bonds. The Morgan fingerprint density at radius 1 is 1.33 bits per heavy atom. The van der Waals surface area contributed by atoms with Crippen molar-refractivity contribution in [2.24, 2.45) is 0 Å². The van der Waals surface area contributed by atoms with Crippen LogP contribution in [0.3, 0.4) is 0 Å². The number of nitrogens with one attached hydrogen (secondary N) is 1. The largest absolute Gasteiger partial charge is 0.378 e. The molecule has 0 bridgehead atoms. The van der Waals surface area contributed by atoms with Gasteiger partial charge in [-0.1, -0.05) is 29.8 Å². The maximum absolute atomic E-state index is 5.63. The molecule has 100 valence electrons. The second-order valence-corrected chi connectivity index (χ2v) is 5.36. The van der Waals surface area contributed by atoms with Crippen LogP contribution in [-0.2, 0) is 4.74 Å². The Kier molecular flexibility index (Phi) is 5.21. The lowest BCUT2D eigenvalue weighted by atomic mass is 10.1. The number of ether oxygens (including phenoxy) is 1. The third kappa shape index (κ3) is 4.11. The first-order chi connectivity index (χ1) is 8.75. The molecule has 0 spiro atoms. The van der Waals surface area contributed by atoms with Gasteiger partial charge in [-0.2, -0.15) is 0 Å². The van der Waals surface area contributed by atoms with Crippen LogP contribution in [0.4, 0.5) is 0 Å². The lowest BCUT2D eigenvalue weighted by Gasteiger charge is -2.15. The maximum Gasteiger partial charge on any atom is 0.0576 e. The van der Waals surface area contributed by atoms with Crippen molar-refractivity contribution in [1.29, 1.82) is 0 Å². The molecule has 2 atom stereocenters. The fourth-order valence-corrected chi connectivity index (χ4v) is 2.49. The lowest BCUT2D eigenvalue weighted by Crippen LogP contribution is -2.21. The minimum Gasteiger partial charge on any atom is -0.378 e. The summed E-state index contributed by atoms with van der Waals surface area (Å²) in [4.78, 5) is 0. The average Bonchev–Trinajstić information content (AvgIpc) is 2.88. The Bertz CT molecular complexity index is 341. The zero-order valence-electron chi connectivity index (χ0n) is 11.6. The smallest absolute Gasteiger partial charge is 0.0576 e. The summed E-state index contributed by atoms with van der Waals surface area (Å²) in [6.45, 7) is 6.41. The number of aryl methyl sites for hydroxylation is 1. The Morgan fingerprint density at radius 2 is 2.11 bits per heavy atom. The van der Waals surface area contributed by atoms with E-state index >= 15 is 0 Å². The van der Waals surface area contributed by atoms with Crippen molar-refractivity contribution in [3.05, 3.63) is 35.4 Å². The molecule has 1 heterocycles. The van der Waals surface area contributed by atoms with Crippen molar-refractivity contribution in [2.75, 3.05) is 13.2 Å². The highest BCUT2D eigenvalue weighted by Gasteiger charge is 2.14. The lowest BCUT2D eigenvalue weighted by molar-refractivity contribution is 0.102. The van der Waals surface area contributed by atoms with Crippen molar-refractivity contribution in [1.82, 2.24) is 5.32 Å². The molecular weight excluding hydrogens is 222 g/mol. The molecule has 18 heavy (non-hydrogen) atoms. The van der Waals surface area contributed by atoms with E-state index in [9.17, 15) is 0 Å². The second-order valence-electron chi connectivity index (χ2n) is 5.36. The van der Waals surface area contributed by atoms with Crippen molar-refractivity contribution < 1.29 is 4.74 Å². The van der Waals surface area contributed by atoms with Gasteiger partial charge in [0.15, 0.2) is 0 Å². The van der Waals surface area contributed by atoms with Gasteiger partial charge < -0.3 is 10.1 Å². The summed E-state index contributed by atoms with van der Waals surface area (Å²) in [5.41, 5.74) is 2.70. The molecule has 1 N–H and O–H groups in total. The highest BCUT2D eigenvalue weighted by Crippen LogP contribution is 2.17. The summed E-state index contributed by atoms with van der Waals surface area (Å²) in [5.74, 6) is 0. The quantitative estimate of drug-likeness (QED) is 0.775. The van der Waals surface area contributed by atoms with Crippen LogP contribution in [0.5, 0.6) is 0 Å². The molecule has 2 unspecified atom stereocenters. The SMILES string of the molecule is Cc1ccc(C(C)NCCCC2CCCO2)cc1. The van der Waals surface area contributed by atoms with Crippen molar-refractivity contribution in [3.63, 3.8) is 0 Å². The molecule has 2 heteroatoms. The maximum atomic E-state index is 5.63. The van der Waals surface area contributed by atoms with Gasteiger partial charge in [-0.05, 0) is 51.6 Å². The van der Waals surface area contributed by atoms with E-state index < -0.39 is 0 Å². The van der Waals surface area contributed by atoms with E-state index in [1.165, 1.54) is 36.8 Å². The normalized spacial score (nSPS) is 21.1. The van der Waals surface area contributed by atoms with E-state index in [0.29, 0.717) is 12.1 Å². The molecule has 0 saturated carbocycles. The predicted molar refractivity (Wildman–Crippen MR) is 75.8 cm³/mol. The van der Waals surface area contributed by atoms with Gasteiger partial charge in [0.2, 0.25) is 0 Å². The van der Waals surface area contributed by atoms with Gasteiger partial charge in [-0.15, -0.1) is 0 Å². The first-order valence-electron chi connectivity index (χ1n) is 7.17. The van der Waals surface area contributed by atoms with Crippen LogP contribution in [0, 0.1) is 6.92 Å². The van der Waals surface area contributed by atoms with Gasteiger partial charge in [0.25, 0.3) is 0 Å². The Morgan fingerprint density at radius 3 is 2.78 bits per heavy atom. The molecule has 1 aliphatic heterocycles.